The molecule has 0 unspecified atom stereocenters. The van der Waals surface area contributed by atoms with Crippen LogP contribution in [0.15, 0.2) is 36.8 Å². The number of benzene rings is 1. The van der Waals surface area contributed by atoms with Crippen molar-refractivity contribution in [3.05, 3.63) is 52.9 Å². The van der Waals surface area contributed by atoms with E-state index in [0.29, 0.717) is 11.1 Å². The molecule has 1 aromatic carbocycles. The monoisotopic (exact) mass is 245 g/mol. The summed E-state index contributed by atoms with van der Waals surface area (Å²) in [6.07, 6.45) is 5.17. The van der Waals surface area contributed by atoms with E-state index in [4.69, 9.17) is 11.6 Å². The van der Waals surface area contributed by atoms with Gasteiger partial charge in [0.1, 0.15) is 17.2 Å². The van der Waals surface area contributed by atoms with Crippen molar-refractivity contribution < 1.29 is 0 Å². The molecule has 1 aromatic heterocycles. The van der Waals surface area contributed by atoms with Gasteiger partial charge < -0.3 is 5.32 Å². The van der Waals surface area contributed by atoms with Crippen molar-refractivity contribution in [2.24, 2.45) is 0 Å². The fraction of sp³-hybridized carbons (Fsp3) is 0.231. The summed E-state index contributed by atoms with van der Waals surface area (Å²) in [6, 6.07) is 8.90. The molecule has 1 aliphatic rings. The van der Waals surface area contributed by atoms with Crippen LogP contribution >= 0.6 is 11.6 Å². The highest BCUT2D eigenvalue weighted by molar-refractivity contribution is 6.32. The Balaban J connectivity index is 1.76. The van der Waals surface area contributed by atoms with Gasteiger partial charge in [-0.2, -0.15) is 0 Å². The second-order valence-electron chi connectivity index (χ2n) is 4.24. The van der Waals surface area contributed by atoms with E-state index in [0.717, 1.165) is 18.7 Å². The highest BCUT2D eigenvalue weighted by Gasteiger charge is 2.21. The first-order valence-corrected chi connectivity index (χ1v) is 5.99. The Kier molecular flexibility index (Phi) is 2.69. The van der Waals surface area contributed by atoms with Crippen molar-refractivity contribution in [1.29, 1.82) is 0 Å². The number of rotatable bonds is 2. The summed E-state index contributed by atoms with van der Waals surface area (Å²) < 4.78 is 0. The molecule has 0 fully saturated rings. The molecule has 86 valence electrons. The van der Waals surface area contributed by atoms with Crippen molar-refractivity contribution in [2.45, 2.75) is 18.9 Å². The first-order valence-electron chi connectivity index (χ1n) is 5.62. The first-order chi connectivity index (χ1) is 8.33. The first kappa shape index (κ1) is 10.5. The second-order valence-corrected chi connectivity index (χ2v) is 4.64. The summed E-state index contributed by atoms with van der Waals surface area (Å²) in [6.45, 7) is 0. The molecule has 1 heterocycles. The van der Waals surface area contributed by atoms with Gasteiger partial charge >= 0.3 is 0 Å². The van der Waals surface area contributed by atoms with Gasteiger partial charge in [0, 0.05) is 6.04 Å². The van der Waals surface area contributed by atoms with E-state index >= 15 is 0 Å². The zero-order valence-corrected chi connectivity index (χ0v) is 9.98. The molecule has 0 spiro atoms. The zero-order valence-electron chi connectivity index (χ0n) is 9.23. The van der Waals surface area contributed by atoms with Crippen molar-refractivity contribution in [1.82, 2.24) is 9.97 Å². The van der Waals surface area contributed by atoms with Crippen LogP contribution in [-0.4, -0.2) is 16.0 Å². The summed E-state index contributed by atoms with van der Waals surface area (Å²) >= 11 is 6.03. The molecule has 0 aliphatic heterocycles. The van der Waals surface area contributed by atoms with E-state index in [1.807, 2.05) is 0 Å². The van der Waals surface area contributed by atoms with Gasteiger partial charge in [0.2, 0.25) is 0 Å². The Morgan fingerprint density at radius 3 is 2.53 bits per heavy atom. The van der Waals surface area contributed by atoms with Crippen LogP contribution in [0, 0.1) is 0 Å². The Morgan fingerprint density at radius 2 is 1.88 bits per heavy atom. The Morgan fingerprint density at radius 1 is 1.18 bits per heavy atom. The standard InChI is InChI=1S/C13H12ClN3/c14-12-7-15-8-16-13(12)17-11-5-9-3-1-2-4-10(9)6-11/h1-4,7-8,11H,5-6H2,(H,15,16,17). The third-order valence-electron chi connectivity index (χ3n) is 3.06. The maximum Gasteiger partial charge on any atom is 0.148 e. The van der Waals surface area contributed by atoms with Crippen molar-refractivity contribution in [3.8, 4) is 0 Å². The lowest BCUT2D eigenvalue weighted by Gasteiger charge is -2.13. The van der Waals surface area contributed by atoms with Crippen LogP contribution in [-0.2, 0) is 12.8 Å². The summed E-state index contributed by atoms with van der Waals surface area (Å²) in [5.41, 5.74) is 2.82. The quantitative estimate of drug-likeness (QED) is 0.884. The van der Waals surface area contributed by atoms with Gasteiger partial charge in [0.25, 0.3) is 0 Å². The molecule has 4 heteroatoms. The molecule has 0 saturated carbocycles. The summed E-state index contributed by atoms with van der Waals surface area (Å²) in [4.78, 5) is 8.03. The fourth-order valence-electron chi connectivity index (χ4n) is 2.27. The molecule has 3 rings (SSSR count). The van der Waals surface area contributed by atoms with E-state index in [1.165, 1.54) is 17.5 Å². The number of fused-ring (bicyclic) bond motifs is 1. The van der Waals surface area contributed by atoms with Crippen LogP contribution in [0.1, 0.15) is 11.1 Å². The highest BCUT2D eigenvalue weighted by Crippen LogP contribution is 2.25. The van der Waals surface area contributed by atoms with E-state index in [-0.39, 0.29) is 0 Å². The molecule has 0 saturated heterocycles. The van der Waals surface area contributed by atoms with Crippen molar-refractivity contribution in [3.63, 3.8) is 0 Å². The van der Waals surface area contributed by atoms with Gasteiger partial charge in [-0.1, -0.05) is 35.9 Å². The molecule has 0 bridgehead atoms. The lowest BCUT2D eigenvalue weighted by atomic mass is 10.1. The van der Waals surface area contributed by atoms with Crippen LogP contribution in [0.4, 0.5) is 5.82 Å². The zero-order chi connectivity index (χ0) is 11.7. The van der Waals surface area contributed by atoms with Crippen LogP contribution in [0.3, 0.4) is 0 Å². The Bertz CT molecular complexity index is 517. The maximum atomic E-state index is 6.03. The number of nitrogens with one attached hydrogen (secondary N) is 1. The highest BCUT2D eigenvalue weighted by atomic mass is 35.5. The van der Waals surface area contributed by atoms with Crippen LogP contribution in [0.5, 0.6) is 0 Å². The van der Waals surface area contributed by atoms with E-state index in [2.05, 4.69) is 39.6 Å². The van der Waals surface area contributed by atoms with Gasteiger partial charge in [-0.05, 0) is 24.0 Å². The Labute approximate surface area is 105 Å². The molecule has 3 nitrogen and oxygen atoms in total. The molecule has 0 atom stereocenters. The Hall–Kier alpha value is -1.61. The fourth-order valence-corrected chi connectivity index (χ4v) is 2.43. The van der Waals surface area contributed by atoms with Crippen molar-refractivity contribution >= 4 is 17.4 Å². The van der Waals surface area contributed by atoms with E-state index < -0.39 is 0 Å². The van der Waals surface area contributed by atoms with Crippen molar-refractivity contribution in [2.75, 3.05) is 5.32 Å². The van der Waals surface area contributed by atoms with Gasteiger partial charge in [-0.15, -0.1) is 0 Å². The average molecular weight is 246 g/mol. The number of hydrogen-bond acceptors (Lipinski definition) is 3. The molecular formula is C13H12ClN3. The SMILES string of the molecule is Clc1cncnc1NC1Cc2ccccc2C1. The molecule has 0 radical (unpaired) electrons. The molecule has 1 N–H and O–H groups in total. The lowest BCUT2D eigenvalue weighted by Crippen LogP contribution is -2.20. The minimum Gasteiger partial charge on any atom is -0.365 e. The van der Waals surface area contributed by atoms with Crippen LogP contribution in [0.2, 0.25) is 5.02 Å². The normalized spacial score (nSPS) is 14.6. The second kappa shape index (κ2) is 4.34. The largest absolute Gasteiger partial charge is 0.365 e. The topological polar surface area (TPSA) is 37.8 Å². The molecular weight excluding hydrogens is 234 g/mol. The van der Waals surface area contributed by atoms with E-state index in [1.54, 1.807) is 6.20 Å². The van der Waals surface area contributed by atoms with Gasteiger partial charge in [0.15, 0.2) is 0 Å². The summed E-state index contributed by atoms with van der Waals surface area (Å²) in [7, 11) is 0. The molecule has 2 aromatic rings. The lowest BCUT2D eigenvalue weighted by molar-refractivity contribution is 0.768. The number of hydrogen-bond donors (Lipinski definition) is 1. The van der Waals surface area contributed by atoms with E-state index in [9.17, 15) is 0 Å². The minimum absolute atomic E-state index is 0.375. The molecule has 17 heavy (non-hydrogen) atoms. The van der Waals surface area contributed by atoms with Gasteiger partial charge in [-0.25, -0.2) is 9.97 Å². The van der Waals surface area contributed by atoms with Crippen LogP contribution in [0.25, 0.3) is 0 Å². The number of anilines is 1. The maximum absolute atomic E-state index is 6.03. The number of aromatic nitrogens is 2. The average Bonchev–Trinajstić information content (AvgIpc) is 2.74. The third-order valence-corrected chi connectivity index (χ3v) is 3.34. The third kappa shape index (κ3) is 2.11. The van der Waals surface area contributed by atoms with Crippen LogP contribution < -0.4 is 5.32 Å². The smallest absolute Gasteiger partial charge is 0.148 e. The predicted octanol–water partition coefficient (Wildman–Crippen LogP) is 2.71. The van der Waals surface area contributed by atoms with Gasteiger partial charge in [0.05, 0.1) is 6.20 Å². The summed E-state index contributed by atoms with van der Waals surface area (Å²) in [5, 5.41) is 3.95. The minimum atomic E-state index is 0.375. The molecule has 1 aliphatic carbocycles. The predicted molar refractivity (Wildman–Crippen MR) is 68.3 cm³/mol. The van der Waals surface area contributed by atoms with Gasteiger partial charge in [-0.3, -0.25) is 0 Å². The number of nitrogens with zero attached hydrogens (tertiary/aromatic N) is 2. The summed E-state index contributed by atoms with van der Waals surface area (Å²) in [5.74, 6) is 0.722. The molecule has 0 amide bonds. The number of halogens is 1.